The number of nitrogens with zero attached hydrogens (tertiary/aromatic N) is 2. The largest absolute Gasteiger partial charge is 0.504 e. The van der Waals surface area contributed by atoms with E-state index in [9.17, 15) is 5.11 Å². The Balaban J connectivity index is 1.95. The lowest BCUT2D eigenvalue weighted by molar-refractivity contribution is 0.280. The van der Waals surface area contributed by atoms with Crippen LogP contribution in [0.2, 0.25) is 0 Å². The number of hydrogen-bond donors (Lipinski definition) is 2. The van der Waals surface area contributed by atoms with E-state index in [4.69, 9.17) is 9.47 Å². The predicted octanol–water partition coefficient (Wildman–Crippen LogP) is 3.19. The van der Waals surface area contributed by atoms with Crippen molar-refractivity contribution in [2.45, 2.75) is 20.4 Å². The minimum Gasteiger partial charge on any atom is -0.504 e. The summed E-state index contributed by atoms with van der Waals surface area (Å²) in [7, 11) is 3.51. The summed E-state index contributed by atoms with van der Waals surface area (Å²) in [5.41, 5.74) is 2.04. The van der Waals surface area contributed by atoms with Crippen LogP contribution in [-0.4, -0.2) is 49.8 Å². The third kappa shape index (κ3) is 6.09. The zero-order valence-corrected chi connectivity index (χ0v) is 16.5. The standard InChI is InChI=1S/C21H29N3O3/c1-5-22-21(23-15-17-10-11-20(26-4)18(25)14-17)24(3)12-13-27-19-9-7-6-8-16(19)2/h6-11,14,25H,5,12-13,15H2,1-4H3,(H,22,23). The number of phenols is 1. The van der Waals surface area contributed by atoms with Crippen molar-refractivity contribution in [1.82, 2.24) is 10.2 Å². The summed E-state index contributed by atoms with van der Waals surface area (Å²) >= 11 is 0. The maximum absolute atomic E-state index is 9.90. The normalized spacial score (nSPS) is 11.2. The SMILES string of the molecule is CCNC(=NCc1ccc(OC)c(O)c1)N(C)CCOc1ccccc1C. The Morgan fingerprint density at radius 3 is 2.63 bits per heavy atom. The first-order valence-electron chi connectivity index (χ1n) is 9.09. The van der Waals surface area contributed by atoms with Gasteiger partial charge in [-0.3, -0.25) is 0 Å². The Bertz CT molecular complexity index is 762. The van der Waals surface area contributed by atoms with Gasteiger partial charge in [-0.15, -0.1) is 0 Å². The lowest BCUT2D eigenvalue weighted by Gasteiger charge is -2.22. The molecule has 2 rings (SSSR count). The van der Waals surface area contributed by atoms with Crippen molar-refractivity contribution in [3.8, 4) is 17.2 Å². The lowest BCUT2D eigenvalue weighted by Crippen LogP contribution is -2.40. The molecule has 27 heavy (non-hydrogen) atoms. The molecular formula is C21H29N3O3. The Morgan fingerprint density at radius 2 is 1.96 bits per heavy atom. The van der Waals surface area contributed by atoms with Crippen LogP contribution < -0.4 is 14.8 Å². The first-order valence-corrected chi connectivity index (χ1v) is 9.09. The van der Waals surface area contributed by atoms with Crippen molar-refractivity contribution in [2.24, 2.45) is 4.99 Å². The van der Waals surface area contributed by atoms with Crippen molar-refractivity contribution < 1.29 is 14.6 Å². The van der Waals surface area contributed by atoms with Gasteiger partial charge in [0.05, 0.1) is 20.2 Å². The minimum atomic E-state index is 0.121. The van der Waals surface area contributed by atoms with Gasteiger partial charge in [-0.2, -0.15) is 0 Å². The summed E-state index contributed by atoms with van der Waals surface area (Å²) in [5, 5.41) is 13.2. The number of nitrogens with one attached hydrogen (secondary N) is 1. The Kier molecular flexibility index (Phi) is 7.79. The van der Waals surface area contributed by atoms with Crippen LogP contribution in [0.5, 0.6) is 17.2 Å². The van der Waals surface area contributed by atoms with Crippen LogP contribution in [0.3, 0.4) is 0 Å². The van der Waals surface area contributed by atoms with Gasteiger partial charge in [0.2, 0.25) is 0 Å². The van der Waals surface area contributed by atoms with Crippen LogP contribution >= 0.6 is 0 Å². The summed E-state index contributed by atoms with van der Waals surface area (Å²) in [6, 6.07) is 13.3. The van der Waals surface area contributed by atoms with E-state index >= 15 is 0 Å². The second kappa shape index (κ2) is 10.3. The number of para-hydroxylation sites is 1. The van der Waals surface area contributed by atoms with Gasteiger partial charge in [-0.05, 0) is 43.2 Å². The highest BCUT2D eigenvalue weighted by molar-refractivity contribution is 5.79. The molecule has 0 fully saturated rings. The summed E-state index contributed by atoms with van der Waals surface area (Å²) in [5.74, 6) is 2.28. The molecule has 0 heterocycles. The molecule has 0 radical (unpaired) electrons. The van der Waals surface area contributed by atoms with Crippen molar-refractivity contribution >= 4 is 5.96 Å². The van der Waals surface area contributed by atoms with Crippen molar-refractivity contribution in [1.29, 1.82) is 0 Å². The zero-order chi connectivity index (χ0) is 19.6. The van der Waals surface area contributed by atoms with Crippen LogP contribution in [0.25, 0.3) is 0 Å². The van der Waals surface area contributed by atoms with Crippen molar-refractivity contribution in [3.63, 3.8) is 0 Å². The fraction of sp³-hybridized carbons (Fsp3) is 0.381. The van der Waals surface area contributed by atoms with Crippen LogP contribution in [-0.2, 0) is 6.54 Å². The van der Waals surface area contributed by atoms with Gasteiger partial charge in [0, 0.05) is 13.6 Å². The number of ether oxygens (including phenoxy) is 2. The van der Waals surface area contributed by atoms with E-state index in [1.54, 1.807) is 12.1 Å². The van der Waals surface area contributed by atoms with Crippen LogP contribution in [0.4, 0.5) is 0 Å². The average Bonchev–Trinajstić information content (AvgIpc) is 2.66. The third-order valence-electron chi connectivity index (χ3n) is 4.13. The summed E-state index contributed by atoms with van der Waals surface area (Å²) in [6.07, 6.45) is 0. The molecule has 0 atom stereocenters. The second-order valence-electron chi connectivity index (χ2n) is 6.21. The molecule has 2 aromatic rings. The highest BCUT2D eigenvalue weighted by Gasteiger charge is 2.07. The number of likely N-dealkylation sites (N-methyl/N-ethyl adjacent to an activating group) is 1. The lowest BCUT2D eigenvalue weighted by atomic mass is 10.2. The molecule has 2 N–H and O–H groups in total. The van der Waals surface area contributed by atoms with Gasteiger partial charge in [0.15, 0.2) is 17.5 Å². The number of phenolic OH excluding ortho intramolecular Hbond substituents is 1. The first kappa shape index (κ1) is 20.4. The molecule has 0 aliphatic rings. The number of methoxy groups -OCH3 is 1. The van der Waals surface area contributed by atoms with Gasteiger partial charge in [0.25, 0.3) is 0 Å². The second-order valence-corrected chi connectivity index (χ2v) is 6.21. The number of aliphatic imine (C=N–C) groups is 1. The molecule has 2 aromatic carbocycles. The van der Waals surface area contributed by atoms with E-state index in [0.29, 0.717) is 25.4 Å². The van der Waals surface area contributed by atoms with Crippen molar-refractivity contribution in [3.05, 3.63) is 53.6 Å². The monoisotopic (exact) mass is 371 g/mol. The number of aromatic hydroxyl groups is 1. The summed E-state index contributed by atoms with van der Waals surface area (Å²) in [4.78, 5) is 6.68. The quantitative estimate of drug-likeness (QED) is 0.551. The van der Waals surface area contributed by atoms with Crippen LogP contribution in [0.1, 0.15) is 18.1 Å². The van der Waals surface area contributed by atoms with E-state index < -0.39 is 0 Å². The average molecular weight is 371 g/mol. The fourth-order valence-corrected chi connectivity index (χ4v) is 2.59. The first-order chi connectivity index (χ1) is 13.0. The maximum atomic E-state index is 9.90. The molecule has 0 aliphatic heterocycles. The highest BCUT2D eigenvalue weighted by atomic mass is 16.5. The minimum absolute atomic E-state index is 0.121. The molecule has 0 unspecified atom stereocenters. The van der Waals surface area contributed by atoms with Crippen LogP contribution in [0, 0.1) is 6.92 Å². The molecule has 0 spiro atoms. The van der Waals surface area contributed by atoms with Crippen LogP contribution in [0.15, 0.2) is 47.5 Å². The molecule has 0 saturated heterocycles. The summed E-state index contributed by atoms with van der Waals surface area (Å²) in [6.45, 7) is 6.57. The van der Waals surface area contributed by atoms with Gasteiger partial charge >= 0.3 is 0 Å². The van der Waals surface area contributed by atoms with E-state index in [0.717, 1.165) is 29.4 Å². The van der Waals surface area contributed by atoms with E-state index in [1.807, 2.05) is 56.1 Å². The predicted molar refractivity (Wildman–Crippen MR) is 109 cm³/mol. The maximum Gasteiger partial charge on any atom is 0.194 e. The molecule has 0 amide bonds. The van der Waals surface area contributed by atoms with Gasteiger partial charge in [0.1, 0.15) is 12.4 Å². The van der Waals surface area contributed by atoms with Gasteiger partial charge in [-0.1, -0.05) is 24.3 Å². The highest BCUT2D eigenvalue weighted by Crippen LogP contribution is 2.26. The number of hydrogen-bond acceptors (Lipinski definition) is 4. The molecule has 6 nitrogen and oxygen atoms in total. The molecule has 0 aliphatic carbocycles. The Labute approximate surface area is 161 Å². The molecule has 0 saturated carbocycles. The molecular weight excluding hydrogens is 342 g/mol. The molecule has 0 aromatic heterocycles. The van der Waals surface area contributed by atoms with E-state index in [2.05, 4.69) is 10.3 Å². The zero-order valence-electron chi connectivity index (χ0n) is 16.5. The third-order valence-corrected chi connectivity index (χ3v) is 4.13. The summed E-state index contributed by atoms with van der Waals surface area (Å²) < 4.78 is 10.9. The fourth-order valence-electron chi connectivity index (χ4n) is 2.59. The number of benzene rings is 2. The van der Waals surface area contributed by atoms with Crippen molar-refractivity contribution in [2.75, 3.05) is 33.9 Å². The van der Waals surface area contributed by atoms with E-state index in [1.165, 1.54) is 7.11 Å². The Hall–Kier alpha value is -2.89. The number of guanidine groups is 1. The van der Waals surface area contributed by atoms with Gasteiger partial charge < -0.3 is 24.8 Å². The number of rotatable bonds is 8. The topological polar surface area (TPSA) is 66.3 Å². The molecule has 146 valence electrons. The van der Waals surface area contributed by atoms with E-state index in [-0.39, 0.29) is 5.75 Å². The molecule has 6 heteroatoms. The van der Waals surface area contributed by atoms with Gasteiger partial charge in [-0.25, -0.2) is 4.99 Å². The Morgan fingerprint density at radius 1 is 1.19 bits per heavy atom. The number of aryl methyl sites for hydroxylation is 1. The molecule has 0 bridgehead atoms. The smallest absolute Gasteiger partial charge is 0.194 e.